The molecule has 0 radical (unpaired) electrons. The molecule has 2 unspecified atom stereocenters. The maximum atomic E-state index is 7.25. The van der Waals surface area contributed by atoms with Crippen molar-refractivity contribution in [3.05, 3.63) is 96.1 Å². The van der Waals surface area contributed by atoms with E-state index in [1.54, 1.807) is 22.7 Å². The third-order valence-corrected chi connectivity index (χ3v) is 19.9. The Kier molecular flexibility index (Phi) is 11.6. The zero-order valence-corrected chi connectivity index (χ0v) is 42.1. The van der Waals surface area contributed by atoms with E-state index >= 15 is 0 Å². The molecule has 6 nitrogen and oxygen atoms in total. The Hall–Kier alpha value is -4.56. The monoisotopic (exact) mass is 964 g/mol. The molecule has 0 amide bonds. The summed E-state index contributed by atoms with van der Waals surface area (Å²) in [5.74, 6) is 1.20. The number of unbranched alkanes of at least 4 members (excludes halogenated alkanes) is 2. The summed E-state index contributed by atoms with van der Waals surface area (Å²) in [6, 6.07) is 31.0. The van der Waals surface area contributed by atoms with Crippen molar-refractivity contribution < 1.29 is 0 Å². The van der Waals surface area contributed by atoms with Crippen LogP contribution in [0, 0.1) is 11.8 Å². The summed E-state index contributed by atoms with van der Waals surface area (Å²) in [5, 5.41) is 2.47. The number of thiophene rings is 4. The summed E-state index contributed by atoms with van der Waals surface area (Å²) >= 11 is 9.93. The Bertz CT molecular complexity index is 3070. The number of nitrogen functional groups attached to an aromatic ring is 2. The summed E-state index contributed by atoms with van der Waals surface area (Å²) in [6.45, 7) is 9.48. The SMILES string of the molecule is CCCCC(CC)CC1(CC(CC)CCCC)c2cc(-c3c(N)cc(-c4cc5ccccc5s4)c4nsnc34)sc2-c2sc(-c3c(N)cc(-c4cc5ccccc5s4)c4nsnc34)cc21. The fourth-order valence-electron chi connectivity index (χ4n) is 10.7. The van der Waals surface area contributed by atoms with E-state index in [0.29, 0.717) is 11.8 Å². The molecule has 1 aliphatic rings. The highest BCUT2D eigenvalue weighted by Crippen LogP contribution is 2.64. The van der Waals surface area contributed by atoms with Crippen molar-refractivity contribution in [3.8, 4) is 51.5 Å². The van der Waals surface area contributed by atoms with Gasteiger partial charge in [-0.05, 0) is 95.1 Å². The van der Waals surface area contributed by atoms with Crippen molar-refractivity contribution in [3.63, 3.8) is 0 Å². The number of hydrogen-bond acceptors (Lipinski definition) is 12. The summed E-state index contributed by atoms with van der Waals surface area (Å²) in [5.41, 5.74) is 26.6. The summed E-state index contributed by atoms with van der Waals surface area (Å²) in [6.07, 6.45) is 12.0. The quantitative estimate of drug-likeness (QED) is 0.0935. The predicted octanol–water partition coefficient (Wildman–Crippen LogP) is 17.6. The Labute approximate surface area is 405 Å². The average molecular weight is 965 g/mol. The summed E-state index contributed by atoms with van der Waals surface area (Å²) in [7, 11) is 0. The number of nitrogens with zero attached hydrogens (tertiary/aromatic N) is 4. The van der Waals surface area contributed by atoms with Crippen LogP contribution >= 0.6 is 68.8 Å². The highest BCUT2D eigenvalue weighted by atomic mass is 32.1. The van der Waals surface area contributed by atoms with Crippen LogP contribution in [0.4, 0.5) is 11.4 Å². The number of hydrogen-bond donors (Lipinski definition) is 2. The third-order valence-electron chi connectivity index (χ3n) is 14.1. The molecule has 65 heavy (non-hydrogen) atoms. The molecule has 6 aromatic heterocycles. The fourth-order valence-corrected chi connectivity index (χ4v) is 16.8. The molecular formula is C53H52N6S6. The lowest BCUT2D eigenvalue weighted by molar-refractivity contribution is 0.266. The van der Waals surface area contributed by atoms with Gasteiger partial charge in [0.15, 0.2) is 0 Å². The van der Waals surface area contributed by atoms with Gasteiger partial charge in [-0.1, -0.05) is 115 Å². The van der Waals surface area contributed by atoms with Gasteiger partial charge in [0.25, 0.3) is 0 Å². The molecule has 0 fully saturated rings. The minimum atomic E-state index is -0.159. The lowest BCUT2D eigenvalue weighted by Crippen LogP contribution is -2.31. The lowest BCUT2D eigenvalue weighted by atomic mass is 9.65. The van der Waals surface area contributed by atoms with E-state index in [2.05, 4.69) is 113 Å². The first-order valence-corrected chi connectivity index (χ1v) is 27.9. The number of anilines is 2. The molecule has 11 rings (SSSR count). The molecule has 330 valence electrons. The topological polar surface area (TPSA) is 104 Å². The standard InChI is InChI=1S/C53H52N6S6/c1-5-9-15-29(7-3)27-53(28-30(8-4)16-10-6-2)35-25-43(45-37(54)23-33(47-49(45)58-64-56-47)41-21-31-17-11-13-19-39(31)60-41)62-51(35)52-36(53)26-44(63-52)46-38(55)24-34(48-50(46)59-65-57-48)42-22-32-18-12-14-20-40(32)61-42/h11-14,17-26,29-30H,5-10,15-16,27-28,54-55H2,1-4H3. The lowest BCUT2D eigenvalue weighted by Gasteiger charge is -2.37. The Balaban J connectivity index is 1.10. The molecule has 6 heterocycles. The van der Waals surface area contributed by atoms with Gasteiger partial charge in [-0.25, -0.2) is 0 Å². The number of aromatic nitrogens is 4. The smallest absolute Gasteiger partial charge is 0.116 e. The van der Waals surface area contributed by atoms with Crippen LogP contribution in [0.2, 0.25) is 0 Å². The maximum Gasteiger partial charge on any atom is 0.116 e. The van der Waals surface area contributed by atoms with E-state index in [-0.39, 0.29) is 5.41 Å². The number of nitrogens with two attached hydrogens (primary N) is 2. The second kappa shape index (κ2) is 17.6. The molecule has 0 aliphatic heterocycles. The fraction of sp³-hybridized carbons (Fsp3) is 0.321. The van der Waals surface area contributed by atoms with Gasteiger partial charge in [0.05, 0.1) is 23.5 Å². The first kappa shape index (κ1) is 43.0. The van der Waals surface area contributed by atoms with E-state index in [1.807, 2.05) is 22.7 Å². The van der Waals surface area contributed by atoms with Crippen LogP contribution in [0.3, 0.4) is 0 Å². The molecule has 10 aromatic rings. The first-order valence-electron chi connectivity index (χ1n) is 23.2. The van der Waals surface area contributed by atoms with Crippen LogP contribution < -0.4 is 11.5 Å². The number of rotatable bonds is 16. The summed E-state index contributed by atoms with van der Waals surface area (Å²) < 4.78 is 22.4. The second-order valence-corrected chi connectivity index (χ2v) is 23.4. The van der Waals surface area contributed by atoms with E-state index < -0.39 is 0 Å². The number of fused-ring (bicyclic) bond motifs is 7. The van der Waals surface area contributed by atoms with Crippen molar-refractivity contribution >= 4 is 122 Å². The molecule has 0 saturated heterocycles. The molecule has 4 N–H and O–H groups in total. The van der Waals surface area contributed by atoms with Crippen molar-refractivity contribution in [1.82, 2.24) is 17.5 Å². The minimum absolute atomic E-state index is 0.159. The van der Waals surface area contributed by atoms with Gasteiger partial charge in [0, 0.05) is 77.7 Å². The van der Waals surface area contributed by atoms with Crippen LogP contribution in [0.15, 0.2) is 84.9 Å². The van der Waals surface area contributed by atoms with E-state index in [0.717, 1.165) is 68.5 Å². The Morgan fingerprint density at radius 1 is 0.508 bits per heavy atom. The maximum absolute atomic E-state index is 7.25. The van der Waals surface area contributed by atoms with Gasteiger partial charge in [-0.2, -0.15) is 17.5 Å². The molecule has 1 aliphatic carbocycles. The zero-order valence-electron chi connectivity index (χ0n) is 37.2. The van der Waals surface area contributed by atoms with E-state index in [9.17, 15) is 0 Å². The predicted molar refractivity (Wildman–Crippen MR) is 288 cm³/mol. The van der Waals surface area contributed by atoms with Crippen molar-refractivity contribution in [2.24, 2.45) is 11.8 Å². The first-order chi connectivity index (χ1) is 31.8. The zero-order chi connectivity index (χ0) is 44.4. The van der Waals surface area contributed by atoms with Crippen LogP contribution in [0.1, 0.15) is 103 Å². The van der Waals surface area contributed by atoms with Crippen LogP contribution in [-0.2, 0) is 5.41 Å². The number of benzene rings is 4. The molecule has 0 bridgehead atoms. The van der Waals surface area contributed by atoms with E-state index in [4.69, 9.17) is 29.0 Å². The molecule has 0 saturated carbocycles. The van der Waals surface area contributed by atoms with E-state index in [1.165, 1.54) is 135 Å². The van der Waals surface area contributed by atoms with Gasteiger partial charge in [-0.15, -0.1) is 45.3 Å². The highest BCUT2D eigenvalue weighted by Gasteiger charge is 2.48. The van der Waals surface area contributed by atoms with Gasteiger partial charge in [0.2, 0.25) is 0 Å². The van der Waals surface area contributed by atoms with Crippen molar-refractivity contribution in [2.45, 2.75) is 97.3 Å². The molecule has 12 heteroatoms. The highest BCUT2D eigenvalue weighted by molar-refractivity contribution is 7.26. The van der Waals surface area contributed by atoms with Gasteiger partial charge in [-0.3, -0.25) is 0 Å². The Morgan fingerprint density at radius 3 is 1.35 bits per heavy atom. The molecule has 0 spiro atoms. The minimum Gasteiger partial charge on any atom is -0.398 e. The third kappa shape index (κ3) is 7.34. The Morgan fingerprint density at radius 2 is 0.938 bits per heavy atom. The largest absolute Gasteiger partial charge is 0.398 e. The summed E-state index contributed by atoms with van der Waals surface area (Å²) in [4.78, 5) is 7.45. The van der Waals surface area contributed by atoms with Crippen LogP contribution in [0.5, 0.6) is 0 Å². The van der Waals surface area contributed by atoms with Crippen LogP contribution in [0.25, 0.3) is 93.8 Å². The molecule has 4 aromatic carbocycles. The second-order valence-electron chi connectivity index (χ2n) is 18.0. The van der Waals surface area contributed by atoms with Gasteiger partial charge < -0.3 is 11.5 Å². The van der Waals surface area contributed by atoms with Crippen LogP contribution in [-0.4, -0.2) is 17.5 Å². The normalized spacial score (nSPS) is 14.3. The van der Waals surface area contributed by atoms with Crippen molar-refractivity contribution in [1.29, 1.82) is 0 Å². The molecule has 2 atom stereocenters. The van der Waals surface area contributed by atoms with Gasteiger partial charge >= 0.3 is 0 Å². The molecular weight excluding hydrogens is 913 g/mol. The van der Waals surface area contributed by atoms with Gasteiger partial charge in [0.1, 0.15) is 22.1 Å². The van der Waals surface area contributed by atoms with Crippen molar-refractivity contribution in [2.75, 3.05) is 11.5 Å². The average Bonchev–Trinajstić information content (AvgIpc) is 4.19.